The van der Waals surface area contributed by atoms with Crippen LogP contribution in [0, 0.1) is 0 Å². The lowest BCUT2D eigenvalue weighted by atomic mass is 10.1. The van der Waals surface area contributed by atoms with Crippen molar-refractivity contribution in [1.29, 1.82) is 0 Å². The zero-order chi connectivity index (χ0) is 12.1. The maximum absolute atomic E-state index is 12.9. The third-order valence-corrected chi connectivity index (χ3v) is 2.68. The number of hydrogen-bond donors (Lipinski definition) is 1. The summed E-state index contributed by atoms with van der Waals surface area (Å²) in [5, 5.41) is 7.63. The molecular weight excluding hydrogens is 214 g/mol. The molecule has 1 aromatic rings. The molecule has 0 saturated heterocycles. The molecule has 0 aliphatic heterocycles. The molecule has 0 fully saturated rings. The first-order chi connectivity index (χ1) is 7.65. The van der Waals surface area contributed by atoms with Gasteiger partial charge in [-0.2, -0.15) is 0 Å². The molecule has 0 bridgehead atoms. The molecule has 0 aromatic carbocycles. The van der Waals surface area contributed by atoms with Crippen molar-refractivity contribution in [1.82, 2.24) is 15.0 Å². The summed E-state index contributed by atoms with van der Waals surface area (Å²) < 4.78 is 27.2. The van der Waals surface area contributed by atoms with E-state index in [0.29, 0.717) is 18.7 Å². The van der Waals surface area contributed by atoms with Crippen LogP contribution in [0.4, 0.5) is 8.78 Å². The fourth-order valence-corrected chi connectivity index (χ4v) is 1.78. The van der Waals surface area contributed by atoms with E-state index in [0.717, 1.165) is 12.8 Å². The van der Waals surface area contributed by atoms with E-state index in [4.69, 9.17) is 5.73 Å². The first kappa shape index (κ1) is 13.0. The Bertz CT molecular complexity index is 321. The molecule has 92 valence electrons. The van der Waals surface area contributed by atoms with E-state index in [2.05, 4.69) is 10.3 Å². The van der Waals surface area contributed by atoms with Gasteiger partial charge in [0.2, 0.25) is 0 Å². The van der Waals surface area contributed by atoms with Gasteiger partial charge in [0.25, 0.3) is 6.43 Å². The minimum atomic E-state index is -2.54. The van der Waals surface area contributed by atoms with E-state index < -0.39 is 6.43 Å². The number of nitrogens with zero attached hydrogens (tertiary/aromatic N) is 3. The Balaban J connectivity index is 3.08. The highest BCUT2D eigenvalue weighted by Crippen LogP contribution is 2.26. The van der Waals surface area contributed by atoms with Crippen LogP contribution in [0.5, 0.6) is 0 Å². The lowest BCUT2D eigenvalue weighted by Crippen LogP contribution is -2.14. The van der Waals surface area contributed by atoms with Gasteiger partial charge in [-0.15, -0.1) is 5.10 Å². The molecule has 0 amide bonds. The van der Waals surface area contributed by atoms with Crippen LogP contribution >= 0.6 is 0 Å². The molecule has 0 spiro atoms. The van der Waals surface area contributed by atoms with Crippen LogP contribution in [0.1, 0.15) is 50.5 Å². The monoisotopic (exact) mass is 232 g/mol. The van der Waals surface area contributed by atoms with E-state index in [1.807, 2.05) is 13.8 Å². The van der Waals surface area contributed by atoms with E-state index in [1.165, 1.54) is 4.68 Å². The second-order valence-electron chi connectivity index (χ2n) is 3.68. The maximum atomic E-state index is 12.9. The minimum Gasteiger partial charge on any atom is -0.330 e. The molecule has 0 unspecified atom stereocenters. The minimum absolute atomic E-state index is 0.0111. The van der Waals surface area contributed by atoms with Crippen LogP contribution in [0.2, 0.25) is 0 Å². The molecule has 0 aliphatic rings. The van der Waals surface area contributed by atoms with Crippen molar-refractivity contribution < 1.29 is 8.78 Å². The Morgan fingerprint density at radius 1 is 1.31 bits per heavy atom. The van der Waals surface area contributed by atoms with E-state index >= 15 is 0 Å². The van der Waals surface area contributed by atoms with Gasteiger partial charge in [-0.25, -0.2) is 13.5 Å². The Labute approximate surface area is 93.8 Å². The molecular formula is C10H18F2N4. The van der Waals surface area contributed by atoms with Gasteiger partial charge in [-0.1, -0.05) is 19.1 Å². The van der Waals surface area contributed by atoms with Crippen LogP contribution < -0.4 is 5.73 Å². The van der Waals surface area contributed by atoms with Crippen LogP contribution in [-0.2, 0) is 6.42 Å². The number of aromatic nitrogens is 3. The topological polar surface area (TPSA) is 56.7 Å². The third-order valence-electron chi connectivity index (χ3n) is 2.68. The molecule has 16 heavy (non-hydrogen) atoms. The summed E-state index contributed by atoms with van der Waals surface area (Å²) in [4.78, 5) is 0. The smallest absolute Gasteiger partial charge is 0.281 e. The largest absolute Gasteiger partial charge is 0.330 e. The quantitative estimate of drug-likeness (QED) is 0.817. The molecule has 1 rings (SSSR count). The van der Waals surface area contributed by atoms with E-state index in [9.17, 15) is 8.78 Å². The summed E-state index contributed by atoms with van der Waals surface area (Å²) in [7, 11) is 0. The van der Waals surface area contributed by atoms with Gasteiger partial charge >= 0.3 is 0 Å². The second kappa shape index (κ2) is 5.89. The van der Waals surface area contributed by atoms with Crippen molar-refractivity contribution in [3.8, 4) is 0 Å². The number of nitrogens with two attached hydrogens (primary N) is 1. The zero-order valence-corrected chi connectivity index (χ0v) is 9.66. The first-order valence-electron chi connectivity index (χ1n) is 5.57. The number of hydrogen-bond acceptors (Lipinski definition) is 3. The number of rotatable bonds is 6. The Morgan fingerprint density at radius 2 is 1.94 bits per heavy atom. The summed E-state index contributed by atoms with van der Waals surface area (Å²) in [6.07, 6.45) is -0.666. The van der Waals surface area contributed by atoms with Crippen LogP contribution in [-0.4, -0.2) is 21.5 Å². The van der Waals surface area contributed by atoms with Gasteiger partial charge in [-0.05, 0) is 19.4 Å². The summed E-state index contributed by atoms with van der Waals surface area (Å²) >= 11 is 0. The first-order valence-corrected chi connectivity index (χ1v) is 5.57. The normalized spacial score (nSPS) is 11.7. The van der Waals surface area contributed by atoms with Crippen molar-refractivity contribution in [2.75, 3.05) is 6.54 Å². The summed E-state index contributed by atoms with van der Waals surface area (Å²) in [5.74, 6) is 0. The standard InChI is InChI=1S/C10H18F2N4/c1-3-7(4-2)16-9(10(11)12)8(5-6-13)14-15-16/h7,10H,3-6,13H2,1-2H3. The fraction of sp³-hybridized carbons (Fsp3) is 0.800. The highest BCUT2D eigenvalue weighted by atomic mass is 19.3. The van der Waals surface area contributed by atoms with Crippen molar-refractivity contribution in [2.45, 2.75) is 45.6 Å². The van der Waals surface area contributed by atoms with Gasteiger partial charge in [0.05, 0.1) is 11.7 Å². The number of alkyl halides is 2. The molecule has 4 nitrogen and oxygen atoms in total. The lowest BCUT2D eigenvalue weighted by Gasteiger charge is -2.15. The number of halogens is 2. The van der Waals surface area contributed by atoms with Gasteiger partial charge < -0.3 is 5.73 Å². The molecule has 1 aromatic heterocycles. The highest BCUT2D eigenvalue weighted by Gasteiger charge is 2.24. The molecule has 0 saturated carbocycles. The highest BCUT2D eigenvalue weighted by molar-refractivity contribution is 5.13. The predicted octanol–water partition coefficient (Wildman–Crippen LogP) is 2.08. The van der Waals surface area contributed by atoms with E-state index in [-0.39, 0.29) is 11.7 Å². The SMILES string of the molecule is CCC(CC)n1nnc(CCN)c1C(F)F. The maximum Gasteiger partial charge on any atom is 0.281 e. The summed E-state index contributed by atoms with van der Waals surface area (Å²) in [6.45, 7) is 4.21. The van der Waals surface area contributed by atoms with Gasteiger partial charge in [0, 0.05) is 6.42 Å². The van der Waals surface area contributed by atoms with Crippen molar-refractivity contribution in [3.05, 3.63) is 11.4 Å². The van der Waals surface area contributed by atoms with Gasteiger partial charge in [-0.3, -0.25) is 0 Å². The average Bonchev–Trinajstić information content (AvgIpc) is 2.64. The molecule has 6 heteroatoms. The van der Waals surface area contributed by atoms with Gasteiger partial charge in [0.1, 0.15) is 5.69 Å². The van der Waals surface area contributed by atoms with Crippen LogP contribution in [0.25, 0.3) is 0 Å². The van der Waals surface area contributed by atoms with E-state index in [1.54, 1.807) is 0 Å². The zero-order valence-electron chi connectivity index (χ0n) is 9.66. The fourth-order valence-electron chi connectivity index (χ4n) is 1.78. The molecule has 0 atom stereocenters. The second-order valence-corrected chi connectivity index (χ2v) is 3.68. The van der Waals surface area contributed by atoms with Gasteiger partial charge in [0.15, 0.2) is 0 Å². The Hall–Kier alpha value is -1.04. The Kier molecular flexibility index (Phi) is 4.79. The van der Waals surface area contributed by atoms with Crippen molar-refractivity contribution >= 4 is 0 Å². The molecule has 2 N–H and O–H groups in total. The summed E-state index contributed by atoms with van der Waals surface area (Å²) in [6, 6.07) is -0.0111. The summed E-state index contributed by atoms with van der Waals surface area (Å²) in [5.41, 5.74) is 5.61. The predicted molar refractivity (Wildman–Crippen MR) is 57.4 cm³/mol. The lowest BCUT2D eigenvalue weighted by molar-refractivity contribution is 0.134. The Morgan fingerprint density at radius 3 is 2.38 bits per heavy atom. The molecule has 0 aliphatic carbocycles. The van der Waals surface area contributed by atoms with Crippen molar-refractivity contribution in [2.24, 2.45) is 5.73 Å². The van der Waals surface area contributed by atoms with Crippen LogP contribution in [0.3, 0.4) is 0 Å². The van der Waals surface area contributed by atoms with Crippen molar-refractivity contribution in [3.63, 3.8) is 0 Å². The third kappa shape index (κ3) is 2.55. The molecule has 1 heterocycles. The molecule has 0 radical (unpaired) electrons. The average molecular weight is 232 g/mol. The van der Waals surface area contributed by atoms with Crippen LogP contribution in [0.15, 0.2) is 0 Å².